The number of hydrogen-bond acceptors (Lipinski definition) is 6. The molecule has 1 aromatic carbocycles. The van der Waals surface area contributed by atoms with Crippen molar-refractivity contribution < 1.29 is 28.3 Å². The number of hydroxylamine groups is 2. The van der Waals surface area contributed by atoms with Crippen molar-refractivity contribution in [3.63, 3.8) is 0 Å². The van der Waals surface area contributed by atoms with Crippen molar-refractivity contribution in [2.24, 2.45) is 5.92 Å². The summed E-state index contributed by atoms with van der Waals surface area (Å²) in [5.41, 5.74) is -1.04. The van der Waals surface area contributed by atoms with Crippen LogP contribution in [0.5, 0.6) is 5.75 Å². The Morgan fingerprint density at radius 3 is 2.72 bits per heavy atom. The molecule has 5 rings (SSSR count). The average molecular weight is 407 g/mol. The molecule has 0 bridgehead atoms. The molecule has 1 saturated carbocycles. The highest BCUT2D eigenvalue weighted by molar-refractivity contribution is 5.86. The van der Waals surface area contributed by atoms with E-state index in [2.05, 4.69) is 4.74 Å². The fourth-order valence-electron chi connectivity index (χ4n) is 4.43. The molecule has 10 heteroatoms. The van der Waals surface area contributed by atoms with E-state index in [9.17, 15) is 14.0 Å². The van der Waals surface area contributed by atoms with E-state index in [1.54, 1.807) is 17.0 Å². The molecule has 154 valence electrons. The van der Waals surface area contributed by atoms with Crippen molar-refractivity contribution in [1.82, 2.24) is 9.63 Å². The van der Waals surface area contributed by atoms with Gasteiger partial charge >= 0.3 is 6.16 Å². The number of anilines is 1. The van der Waals surface area contributed by atoms with Gasteiger partial charge in [-0.1, -0.05) is 0 Å². The van der Waals surface area contributed by atoms with Crippen molar-refractivity contribution in [2.75, 3.05) is 31.6 Å². The summed E-state index contributed by atoms with van der Waals surface area (Å²) in [7, 11) is 1.80. The van der Waals surface area contributed by atoms with E-state index in [4.69, 9.17) is 9.94 Å². The molecule has 3 fully saturated rings. The van der Waals surface area contributed by atoms with Crippen LogP contribution in [-0.2, 0) is 4.84 Å². The molecule has 2 saturated heterocycles. The Bertz CT molecular complexity index is 1080. The van der Waals surface area contributed by atoms with E-state index in [0.717, 1.165) is 18.9 Å². The third-order valence-electron chi connectivity index (χ3n) is 5.97. The zero-order valence-electron chi connectivity index (χ0n) is 15.6. The van der Waals surface area contributed by atoms with Crippen LogP contribution in [0.15, 0.2) is 17.1 Å². The third kappa shape index (κ3) is 2.85. The number of fused-ring (bicyclic) bond motifs is 2. The summed E-state index contributed by atoms with van der Waals surface area (Å²) in [6.45, 7) is 1.35. The SMILES string of the molecule is CN1OCC2CN(c3c(F)cc4c(=O)c(OC(=O)O)cn(C5CC5)c4c3F)CC21. The number of ether oxygens (including phenoxy) is 1. The summed E-state index contributed by atoms with van der Waals surface area (Å²) in [4.78, 5) is 30.6. The van der Waals surface area contributed by atoms with Crippen LogP contribution in [-0.4, -0.2) is 53.7 Å². The van der Waals surface area contributed by atoms with Gasteiger partial charge in [0.25, 0.3) is 0 Å². The van der Waals surface area contributed by atoms with Crippen LogP contribution in [0, 0.1) is 17.6 Å². The minimum absolute atomic E-state index is 0.0201. The van der Waals surface area contributed by atoms with Gasteiger partial charge in [0.1, 0.15) is 11.5 Å². The normalized spacial score (nSPS) is 24.3. The van der Waals surface area contributed by atoms with Crippen molar-refractivity contribution >= 4 is 22.7 Å². The molecule has 3 aliphatic rings. The van der Waals surface area contributed by atoms with Crippen molar-refractivity contribution in [3.05, 3.63) is 34.1 Å². The highest BCUT2D eigenvalue weighted by atomic mass is 19.1. The standard InChI is InChI=1S/C19H19F2N3O5/c1-22-13-6-23(5-9(13)8-28-22)17-12(20)4-11-16(15(17)21)24(10-2-3-10)7-14(18(11)25)29-19(26)27/h4,7,9-10,13H,2-3,5-6,8H2,1H3,(H,26,27). The number of halogens is 2. The van der Waals surface area contributed by atoms with Gasteiger partial charge < -0.3 is 19.3 Å². The first-order chi connectivity index (χ1) is 13.8. The molecule has 29 heavy (non-hydrogen) atoms. The summed E-state index contributed by atoms with van der Waals surface area (Å²) in [6.07, 6.45) is 1.07. The molecule has 1 N–H and O–H groups in total. The van der Waals surface area contributed by atoms with Gasteiger partial charge in [0.05, 0.1) is 29.7 Å². The Morgan fingerprint density at radius 1 is 1.31 bits per heavy atom. The molecule has 8 nitrogen and oxygen atoms in total. The first kappa shape index (κ1) is 18.3. The summed E-state index contributed by atoms with van der Waals surface area (Å²) in [5.74, 6) is -1.98. The van der Waals surface area contributed by atoms with E-state index in [1.807, 2.05) is 0 Å². The van der Waals surface area contributed by atoms with Gasteiger partial charge in [-0.15, -0.1) is 0 Å². The highest BCUT2D eigenvalue weighted by Crippen LogP contribution is 2.41. The number of benzene rings is 1. The van der Waals surface area contributed by atoms with Gasteiger partial charge in [-0.05, 0) is 18.9 Å². The Balaban J connectivity index is 1.67. The number of pyridine rings is 1. The summed E-state index contributed by atoms with van der Waals surface area (Å²) >= 11 is 0. The predicted molar refractivity (Wildman–Crippen MR) is 98.3 cm³/mol. The fraction of sp³-hybridized carbons (Fsp3) is 0.474. The molecular weight excluding hydrogens is 388 g/mol. The second-order valence-electron chi connectivity index (χ2n) is 7.82. The number of rotatable bonds is 3. The van der Waals surface area contributed by atoms with E-state index in [0.29, 0.717) is 19.7 Å². The molecular formula is C19H19F2N3O5. The van der Waals surface area contributed by atoms with Crippen LogP contribution in [0.2, 0.25) is 0 Å². The molecule has 0 spiro atoms. The lowest BCUT2D eigenvalue weighted by Gasteiger charge is -2.24. The first-order valence-corrected chi connectivity index (χ1v) is 9.43. The van der Waals surface area contributed by atoms with Crippen LogP contribution < -0.4 is 15.1 Å². The topological polar surface area (TPSA) is 84.2 Å². The average Bonchev–Trinajstić information content (AvgIpc) is 3.33. The number of carbonyl (C=O) groups is 1. The van der Waals surface area contributed by atoms with Gasteiger partial charge in [-0.25, -0.2) is 13.6 Å². The summed E-state index contributed by atoms with van der Waals surface area (Å²) < 4.78 is 36.7. The molecule has 2 aliphatic heterocycles. The number of aromatic nitrogens is 1. The Kier molecular flexibility index (Phi) is 4.04. The molecule has 2 atom stereocenters. The first-order valence-electron chi connectivity index (χ1n) is 9.43. The molecule has 1 aliphatic carbocycles. The maximum Gasteiger partial charge on any atom is 0.511 e. The van der Waals surface area contributed by atoms with Gasteiger partial charge in [-0.2, -0.15) is 5.06 Å². The molecule has 0 radical (unpaired) electrons. The van der Waals surface area contributed by atoms with Crippen LogP contribution in [0.4, 0.5) is 19.3 Å². The van der Waals surface area contributed by atoms with E-state index in [-0.39, 0.29) is 34.6 Å². The van der Waals surface area contributed by atoms with Crippen LogP contribution in [0.25, 0.3) is 10.9 Å². The molecule has 2 unspecified atom stereocenters. The largest absolute Gasteiger partial charge is 0.511 e. The van der Waals surface area contributed by atoms with Crippen molar-refractivity contribution in [1.29, 1.82) is 0 Å². The van der Waals surface area contributed by atoms with Gasteiger partial charge in [0.15, 0.2) is 11.6 Å². The van der Waals surface area contributed by atoms with E-state index < -0.39 is 29.0 Å². The smallest absolute Gasteiger partial charge is 0.449 e. The van der Waals surface area contributed by atoms with Gasteiger partial charge in [-0.3, -0.25) is 9.63 Å². The number of likely N-dealkylation sites (N-methyl/N-ethyl adjacent to an activating group) is 1. The molecule has 3 heterocycles. The summed E-state index contributed by atoms with van der Waals surface area (Å²) in [6, 6.07) is 0.943. The Hall–Kier alpha value is -2.72. The van der Waals surface area contributed by atoms with Crippen molar-refractivity contribution in [3.8, 4) is 5.75 Å². The highest BCUT2D eigenvalue weighted by Gasteiger charge is 2.43. The molecule has 0 amide bonds. The minimum Gasteiger partial charge on any atom is -0.449 e. The van der Waals surface area contributed by atoms with E-state index >= 15 is 4.39 Å². The quantitative estimate of drug-likeness (QED) is 0.782. The number of carboxylic acid groups (broad SMARTS) is 1. The third-order valence-corrected chi connectivity index (χ3v) is 5.97. The lowest BCUT2D eigenvalue weighted by atomic mass is 10.1. The van der Waals surface area contributed by atoms with Crippen LogP contribution in [0.1, 0.15) is 18.9 Å². The minimum atomic E-state index is -1.66. The zero-order chi connectivity index (χ0) is 20.4. The fourth-order valence-corrected chi connectivity index (χ4v) is 4.43. The van der Waals surface area contributed by atoms with Crippen molar-refractivity contribution in [2.45, 2.75) is 24.9 Å². The second-order valence-corrected chi connectivity index (χ2v) is 7.82. The Labute approximate surface area is 163 Å². The van der Waals surface area contributed by atoms with Gasteiger partial charge in [0.2, 0.25) is 5.43 Å². The van der Waals surface area contributed by atoms with Crippen LogP contribution >= 0.6 is 0 Å². The maximum atomic E-state index is 15.6. The summed E-state index contributed by atoms with van der Waals surface area (Å²) in [5, 5.41) is 10.4. The Morgan fingerprint density at radius 2 is 2.07 bits per heavy atom. The van der Waals surface area contributed by atoms with Gasteiger partial charge in [0, 0.05) is 32.1 Å². The predicted octanol–water partition coefficient (Wildman–Crippen LogP) is 2.35. The number of nitrogens with zero attached hydrogens (tertiary/aromatic N) is 3. The molecule has 2 aromatic rings. The number of hydrogen-bond donors (Lipinski definition) is 1. The lowest BCUT2D eigenvalue weighted by Crippen LogP contribution is -2.32. The lowest BCUT2D eigenvalue weighted by molar-refractivity contribution is -0.107. The van der Waals surface area contributed by atoms with Crippen LogP contribution in [0.3, 0.4) is 0 Å². The zero-order valence-corrected chi connectivity index (χ0v) is 15.6. The molecule has 1 aromatic heterocycles. The second kappa shape index (κ2) is 6.39. The maximum absolute atomic E-state index is 15.6. The van der Waals surface area contributed by atoms with E-state index in [1.165, 1.54) is 10.8 Å². The monoisotopic (exact) mass is 407 g/mol.